The summed E-state index contributed by atoms with van der Waals surface area (Å²) in [7, 11) is 1.81. The van der Waals surface area contributed by atoms with E-state index in [1.165, 1.54) is 42.4 Å². The average Bonchev–Trinajstić information content (AvgIpc) is 3.27. The Kier molecular flexibility index (Phi) is 3.86. The number of rotatable bonds is 4. The molecule has 3 aromatic carbocycles. The molecule has 0 aromatic heterocycles. The van der Waals surface area contributed by atoms with Crippen LogP contribution in [0.5, 0.6) is 5.75 Å². The normalized spacial score (nSPS) is 29.0. The third-order valence-corrected chi connectivity index (χ3v) is 7.29. The van der Waals surface area contributed by atoms with Crippen molar-refractivity contribution in [2.75, 3.05) is 7.11 Å². The van der Waals surface area contributed by atoms with Crippen LogP contribution in [0.15, 0.2) is 84.9 Å². The Labute approximate surface area is 162 Å². The van der Waals surface area contributed by atoms with Crippen LogP contribution in [0.2, 0.25) is 0 Å². The minimum atomic E-state index is -0.0256. The maximum Gasteiger partial charge on any atom is 0.123 e. The van der Waals surface area contributed by atoms with Crippen molar-refractivity contribution in [1.29, 1.82) is 0 Å². The standard InChI is InChI=1S/C26H26O/c1-27-24-15-9-8-14-23(24)26(21-12-6-3-7-13-21)22-16-18-25(26,19-17-22)20-10-4-2-5-11-20/h2-15,22H,16-19H2,1H3/t22?,25?,26-/m1/s1. The minimum absolute atomic E-state index is 0.0256. The van der Waals surface area contributed by atoms with E-state index in [1.54, 1.807) is 0 Å². The lowest BCUT2D eigenvalue weighted by Gasteiger charge is -2.46. The molecule has 2 saturated carbocycles. The molecule has 0 spiro atoms. The van der Waals surface area contributed by atoms with Gasteiger partial charge in [0.25, 0.3) is 0 Å². The van der Waals surface area contributed by atoms with Crippen molar-refractivity contribution in [3.05, 3.63) is 102 Å². The van der Waals surface area contributed by atoms with Gasteiger partial charge in [0, 0.05) is 16.4 Å². The Bertz CT molecular complexity index is 923. The highest BCUT2D eigenvalue weighted by molar-refractivity contribution is 5.57. The van der Waals surface area contributed by atoms with Crippen LogP contribution in [0.4, 0.5) is 0 Å². The summed E-state index contributed by atoms with van der Waals surface area (Å²) in [5, 5.41) is 0. The zero-order chi connectivity index (χ0) is 18.3. The fourth-order valence-corrected chi connectivity index (χ4v) is 6.42. The van der Waals surface area contributed by atoms with Gasteiger partial charge >= 0.3 is 0 Å². The number of hydrogen-bond donors (Lipinski definition) is 0. The van der Waals surface area contributed by atoms with Gasteiger partial charge in [0.05, 0.1) is 7.11 Å². The summed E-state index contributed by atoms with van der Waals surface area (Å²) < 4.78 is 5.91. The van der Waals surface area contributed by atoms with Gasteiger partial charge in [-0.15, -0.1) is 0 Å². The molecule has 136 valence electrons. The van der Waals surface area contributed by atoms with E-state index in [2.05, 4.69) is 84.9 Å². The largest absolute Gasteiger partial charge is 0.496 e. The molecule has 1 atom stereocenters. The number of ether oxygens (including phenoxy) is 1. The molecule has 5 rings (SSSR count). The van der Waals surface area contributed by atoms with Crippen LogP contribution in [0.1, 0.15) is 42.4 Å². The molecule has 2 fully saturated rings. The highest BCUT2D eigenvalue weighted by Gasteiger charge is 2.66. The third-order valence-electron chi connectivity index (χ3n) is 7.29. The Morgan fingerprint density at radius 2 is 1.26 bits per heavy atom. The molecule has 0 heterocycles. The van der Waals surface area contributed by atoms with Gasteiger partial charge in [0.2, 0.25) is 0 Å². The molecule has 0 unspecified atom stereocenters. The first-order valence-corrected chi connectivity index (χ1v) is 10.1. The zero-order valence-corrected chi connectivity index (χ0v) is 15.9. The molecule has 1 heteroatoms. The predicted molar refractivity (Wildman–Crippen MR) is 110 cm³/mol. The van der Waals surface area contributed by atoms with Crippen LogP contribution in [0.3, 0.4) is 0 Å². The van der Waals surface area contributed by atoms with Gasteiger partial charge in [-0.05, 0) is 48.8 Å². The fourth-order valence-electron chi connectivity index (χ4n) is 6.42. The Morgan fingerprint density at radius 1 is 0.704 bits per heavy atom. The number of para-hydroxylation sites is 1. The molecule has 2 bridgehead atoms. The van der Waals surface area contributed by atoms with Crippen LogP contribution >= 0.6 is 0 Å². The molecule has 2 aliphatic carbocycles. The van der Waals surface area contributed by atoms with Crippen molar-refractivity contribution in [1.82, 2.24) is 0 Å². The first-order valence-electron chi connectivity index (χ1n) is 10.1. The maximum absolute atomic E-state index is 5.91. The number of methoxy groups -OCH3 is 1. The van der Waals surface area contributed by atoms with Crippen molar-refractivity contribution in [2.45, 2.75) is 36.5 Å². The molecule has 0 N–H and O–H groups in total. The van der Waals surface area contributed by atoms with E-state index in [0.29, 0.717) is 5.92 Å². The molecule has 0 saturated heterocycles. The molecular weight excluding hydrogens is 328 g/mol. The van der Waals surface area contributed by atoms with E-state index in [1.807, 2.05) is 7.11 Å². The third kappa shape index (κ3) is 2.12. The van der Waals surface area contributed by atoms with Crippen LogP contribution in [-0.2, 0) is 10.8 Å². The van der Waals surface area contributed by atoms with E-state index in [-0.39, 0.29) is 10.8 Å². The van der Waals surface area contributed by atoms with E-state index in [0.717, 1.165) is 5.75 Å². The SMILES string of the molecule is COc1ccccc1[C@@]1(c2ccccc2)C2CCC1(c1ccccc1)CC2. The summed E-state index contributed by atoms with van der Waals surface area (Å²) in [6.45, 7) is 0. The summed E-state index contributed by atoms with van der Waals surface area (Å²) in [4.78, 5) is 0. The second kappa shape index (κ2) is 6.27. The first kappa shape index (κ1) is 16.6. The quantitative estimate of drug-likeness (QED) is 0.548. The van der Waals surface area contributed by atoms with Crippen LogP contribution < -0.4 is 4.74 Å². The highest BCUT2D eigenvalue weighted by Crippen LogP contribution is 2.70. The lowest BCUT2D eigenvalue weighted by Crippen LogP contribution is -2.45. The molecule has 0 aliphatic heterocycles. The average molecular weight is 354 g/mol. The summed E-state index contributed by atoms with van der Waals surface area (Å²) >= 11 is 0. The van der Waals surface area contributed by atoms with Gasteiger partial charge in [-0.1, -0.05) is 78.9 Å². The molecule has 27 heavy (non-hydrogen) atoms. The van der Waals surface area contributed by atoms with Crippen molar-refractivity contribution in [2.24, 2.45) is 5.92 Å². The Hall–Kier alpha value is -2.54. The number of benzene rings is 3. The van der Waals surface area contributed by atoms with E-state index in [4.69, 9.17) is 4.74 Å². The summed E-state index contributed by atoms with van der Waals surface area (Å²) in [6, 6.07) is 31.2. The number of fused-ring (bicyclic) bond motifs is 2. The highest BCUT2D eigenvalue weighted by atomic mass is 16.5. The van der Waals surface area contributed by atoms with Crippen molar-refractivity contribution in [3.63, 3.8) is 0 Å². The van der Waals surface area contributed by atoms with Gasteiger partial charge in [-0.3, -0.25) is 0 Å². The predicted octanol–water partition coefficient (Wildman–Crippen LogP) is 6.12. The van der Waals surface area contributed by atoms with E-state index >= 15 is 0 Å². The van der Waals surface area contributed by atoms with Gasteiger partial charge in [0.15, 0.2) is 0 Å². The van der Waals surface area contributed by atoms with E-state index in [9.17, 15) is 0 Å². The van der Waals surface area contributed by atoms with Crippen molar-refractivity contribution < 1.29 is 4.74 Å². The maximum atomic E-state index is 5.91. The molecule has 1 nitrogen and oxygen atoms in total. The smallest absolute Gasteiger partial charge is 0.123 e. The van der Waals surface area contributed by atoms with Crippen molar-refractivity contribution in [3.8, 4) is 5.75 Å². The molecule has 0 radical (unpaired) electrons. The molecule has 0 amide bonds. The van der Waals surface area contributed by atoms with Gasteiger partial charge in [0.1, 0.15) is 5.75 Å². The Balaban J connectivity index is 1.87. The minimum Gasteiger partial charge on any atom is -0.496 e. The van der Waals surface area contributed by atoms with Gasteiger partial charge in [-0.25, -0.2) is 0 Å². The second-order valence-electron chi connectivity index (χ2n) is 8.10. The summed E-state index contributed by atoms with van der Waals surface area (Å²) in [5.41, 5.74) is 4.40. The fraction of sp³-hybridized carbons (Fsp3) is 0.308. The van der Waals surface area contributed by atoms with Gasteiger partial charge < -0.3 is 4.74 Å². The Morgan fingerprint density at radius 3 is 1.89 bits per heavy atom. The monoisotopic (exact) mass is 354 g/mol. The molecule has 2 aliphatic rings. The summed E-state index contributed by atoms with van der Waals surface area (Å²) in [5.74, 6) is 1.67. The van der Waals surface area contributed by atoms with Gasteiger partial charge in [-0.2, -0.15) is 0 Å². The molecule has 3 aromatic rings. The first-order chi connectivity index (χ1) is 13.3. The van der Waals surface area contributed by atoms with E-state index < -0.39 is 0 Å². The van der Waals surface area contributed by atoms with Crippen LogP contribution in [0.25, 0.3) is 0 Å². The van der Waals surface area contributed by atoms with Crippen molar-refractivity contribution >= 4 is 0 Å². The lowest BCUT2D eigenvalue weighted by atomic mass is 9.56. The summed E-state index contributed by atoms with van der Waals surface area (Å²) in [6.07, 6.45) is 5.05. The molecular formula is C26H26O. The number of hydrogen-bond acceptors (Lipinski definition) is 1. The lowest BCUT2D eigenvalue weighted by molar-refractivity contribution is 0.309. The van der Waals surface area contributed by atoms with Crippen LogP contribution in [-0.4, -0.2) is 7.11 Å². The topological polar surface area (TPSA) is 9.23 Å². The zero-order valence-electron chi connectivity index (χ0n) is 15.9. The van der Waals surface area contributed by atoms with Crippen LogP contribution in [0, 0.1) is 5.92 Å². The second-order valence-corrected chi connectivity index (χ2v) is 8.10.